The molecule has 0 bridgehead atoms. The van der Waals surface area contributed by atoms with E-state index >= 15 is 0 Å². The van der Waals surface area contributed by atoms with E-state index in [1.807, 2.05) is 18.2 Å². The van der Waals surface area contributed by atoms with E-state index < -0.39 is 0 Å². The van der Waals surface area contributed by atoms with Crippen molar-refractivity contribution in [1.29, 1.82) is 0 Å². The summed E-state index contributed by atoms with van der Waals surface area (Å²) in [5.74, 6) is 1.06. The lowest BCUT2D eigenvalue weighted by molar-refractivity contribution is -0.120. The van der Waals surface area contributed by atoms with Gasteiger partial charge in [-0.2, -0.15) is 0 Å². The largest absolute Gasteiger partial charge is 0.299 e. The Kier molecular flexibility index (Phi) is 2.62. The number of aromatic nitrogens is 1. The van der Waals surface area contributed by atoms with Gasteiger partial charge < -0.3 is 0 Å². The molecule has 0 N–H and O–H groups in total. The van der Waals surface area contributed by atoms with E-state index in [-0.39, 0.29) is 5.92 Å². The maximum Gasteiger partial charge on any atom is 0.136 e. The number of hydrogen-bond acceptors (Lipinski definition) is 2. The van der Waals surface area contributed by atoms with Crippen molar-refractivity contribution in [3.8, 4) is 0 Å². The Morgan fingerprint density at radius 2 is 2.36 bits per heavy atom. The number of carbonyl (C=O) groups is 1. The van der Waals surface area contributed by atoms with Crippen molar-refractivity contribution >= 4 is 5.78 Å². The van der Waals surface area contributed by atoms with E-state index in [2.05, 4.69) is 11.9 Å². The summed E-state index contributed by atoms with van der Waals surface area (Å²) in [6.45, 7) is 2.07. The minimum absolute atomic E-state index is 0.268. The van der Waals surface area contributed by atoms with Gasteiger partial charge in [0.1, 0.15) is 5.78 Å². The molecular formula is C12H15NO. The van der Waals surface area contributed by atoms with Crippen molar-refractivity contribution in [1.82, 2.24) is 4.98 Å². The van der Waals surface area contributed by atoms with Crippen LogP contribution >= 0.6 is 0 Å². The fourth-order valence-corrected chi connectivity index (χ4v) is 1.65. The van der Waals surface area contributed by atoms with Crippen LogP contribution < -0.4 is 0 Å². The smallest absolute Gasteiger partial charge is 0.136 e. The van der Waals surface area contributed by atoms with Gasteiger partial charge in [0.15, 0.2) is 0 Å². The Morgan fingerprint density at radius 1 is 1.57 bits per heavy atom. The molecule has 1 aliphatic rings. The van der Waals surface area contributed by atoms with Crippen LogP contribution in [0.2, 0.25) is 0 Å². The predicted molar refractivity (Wildman–Crippen MR) is 55.0 cm³/mol. The average Bonchev–Trinajstić information content (AvgIpc) is 3.02. The Morgan fingerprint density at radius 3 is 2.93 bits per heavy atom. The molecule has 0 spiro atoms. The van der Waals surface area contributed by atoms with Crippen molar-refractivity contribution in [2.75, 3.05) is 0 Å². The first-order valence-electron chi connectivity index (χ1n) is 5.21. The van der Waals surface area contributed by atoms with Gasteiger partial charge in [0.25, 0.3) is 0 Å². The number of rotatable bonds is 4. The summed E-state index contributed by atoms with van der Waals surface area (Å²) in [7, 11) is 0. The van der Waals surface area contributed by atoms with Gasteiger partial charge in [-0.15, -0.1) is 0 Å². The summed E-state index contributed by atoms with van der Waals surface area (Å²) in [6.07, 6.45) is 4.65. The zero-order chi connectivity index (χ0) is 9.97. The third-order valence-electron chi connectivity index (χ3n) is 2.73. The van der Waals surface area contributed by atoms with Gasteiger partial charge in [0, 0.05) is 30.1 Å². The molecule has 74 valence electrons. The van der Waals surface area contributed by atoms with E-state index in [9.17, 15) is 4.79 Å². The molecule has 0 amide bonds. The Balaban J connectivity index is 1.95. The molecule has 2 rings (SSSR count). The highest BCUT2D eigenvalue weighted by Crippen LogP contribution is 2.33. The normalized spacial score (nSPS) is 17.8. The van der Waals surface area contributed by atoms with Crippen LogP contribution in [-0.2, 0) is 4.79 Å². The summed E-state index contributed by atoms with van der Waals surface area (Å²) >= 11 is 0. The topological polar surface area (TPSA) is 30.0 Å². The van der Waals surface area contributed by atoms with E-state index in [1.165, 1.54) is 0 Å². The Bertz CT molecular complexity index is 316. The molecule has 1 unspecified atom stereocenters. The lowest BCUT2D eigenvalue weighted by atomic mass is 9.98. The average molecular weight is 189 g/mol. The Hall–Kier alpha value is -1.18. The predicted octanol–water partition coefficient (Wildman–Crippen LogP) is 2.55. The molecule has 0 saturated heterocycles. The molecule has 1 heterocycles. The highest BCUT2D eigenvalue weighted by atomic mass is 16.1. The second kappa shape index (κ2) is 3.91. The minimum atomic E-state index is 0.268. The molecule has 1 fully saturated rings. The maximum absolute atomic E-state index is 11.6. The molecule has 1 aromatic heterocycles. The standard InChI is InChI=1S/C12H15NO/c1-9(8-12(14)10-5-6-10)11-4-2-3-7-13-11/h2-4,7,9-10H,5-6,8H2,1H3. The first-order valence-corrected chi connectivity index (χ1v) is 5.21. The van der Waals surface area contributed by atoms with Crippen molar-refractivity contribution < 1.29 is 4.79 Å². The van der Waals surface area contributed by atoms with Crippen molar-refractivity contribution in [2.24, 2.45) is 5.92 Å². The molecule has 1 aliphatic carbocycles. The first-order chi connectivity index (χ1) is 6.77. The van der Waals surface area contributed by atoms with Gasteiger partial charge in [-0.25, -0.2) is 0 Å². The quantitative estimate of drug-likeness (QED) is 0.728. The van der Waals surface area contributed by atoms with E-state index in [0.717, 1.165) is 18.5 Å². The molecule has 2 nitrogen and oxygen atoms in total. The van der Waals surface area contributed by atoms with Crippen LogP contribution in [0.15, 0.2) is 24.4 Å². The fraction of sp³-hybridized carbons (Fsp3) is 0.500. The molecule has 1 saturated carbocycles. The zero-order valence-corrected chi connectivity index (χ0v) is 8.44. The van der Waals surface area contributed by atoms with Crippen molar-refractivity contribution in [2.45, 2.75) is 32.1 Å². The highest BCUT2D eigenvalue weighted by Gasteiger charge is 2.30. The van der Waals surface area contributed by atoms with Crippen molar-refractivity contribution in [3.05, 3.63) is 30.1 Å². The summed E-state index contributed by atoms with van der Waals surface area (Å²) in [5.41, 5.74) is 1.03. The number of pyridine rings is 1. The van der Waals surface area contributed by atoms with Gasteiger partial charge in [0.2, 0.25) is 0 Å². The number of nitrogens with zero attached hydrogens (tertiary/aromatic N) is 1. The molecule has 0 aliphatic heterocycles. The van der Waals surface area contributed by atoms with E-state index in [0.29, 0.717) is 18.1 Å². The number of ketones is 1. The van der Waals surface area contributed by atoms with Gasteiger partial charge in [-0.3, -0.25) is 9.78 Å². The summed E-state index contributed by atoms with van der Waals surface area (Å²) in [5, 5.41) is 0. The third-order valence-corrected chi connectivity index (χ3v) is 2.73. The fourth-order valence-electron chi connectivity index (χ4n) is 1.65. The van der Waals surface area contributed by atoms with E-state index in [1.54, 1.807) is 6.20 Å². The van der Waals surface area contributed by atoms with Crippen LogP contribution in [0.3, 0.4) is 0 Å². The van der Waals surface area contributed by atoms with Crippen molar-refractivity contribution in [3.63, 3.8) is 0 Å². The molecular weight excluding hydrogens is 174 g/mol. The minimum Gasteiger partial charge on any atom is -0.299 e. The lowest BCUT2D eigenvalue weighted by Crippen LogP contribution is -2.07. The molecule has 14 heavy (non-hydrogen) atoms. The monoisotopic (exact) mass is 189 g/mol. The maximum atomic E-state index is 11.6. The molecule has 0 aromatic carbocycles. The molecule has 1 aromatic rings. The summed E-state index contributed by atoms with van der Waals surface area (Å²) in [4.78, 5) is 15.8. The highest BCUT2D eigenvalue weighted by molar-refractivity contribution is 5.83. The van der Waals surface area contributed by atoms with Crippen LogP contribution in [0.25, 0.3) is 0 Å². The molecule has 0 radical (unpaired) electrons. The third kappa shape index (κ3) is 2.19. The second-order valence-electron chi connectivity index (χ2n) is 4.10. The summed E-state index contributed by atoms with van der Waals surface area (Å²) in [6, 6.07) is 5.87. The SMILES string of the molecule is CC(CC(=O)C1CC1)c1ccccn1. The van der Waals surface area contributed by atoms with Gasteiger partial charge in [-0.05, 0) is 25.0 Å². The van der Waals surface area contributed by atoms with Crippen LogP contribution in [-0.4, -0.2) is 10.8 Å². The summed E-state index contributed by atoms with van der Waals surface area (Å²) < 4.78 is 0. The second-order valence-corrected chi connectivity index (χ2v) is 4.10. The number of carbonyl (C=O) groups excluding carboxylic acids is 1. The number of Topliss-reactive ketones (excluding diaryl/α,β-unsaturated/α-hetero) is 1. The number of hydrogen-bond donors (Lipinski definition) is 0. The first kappa shape index (κ1) is 9.38. The lowest BCUT2D eigenvalue weighted by Gasteiger charge is -2.08. The zero-order valence-electron chi connectivity index (χ0n) is 8.44. The van der Waals surface area contributed by atoms with Crippen LogP contribution in [0.1, 0.15) is 37.8 Å². The van der Waals surface area contributed by atoms with E-state index in [4.69, 9.17) is 0 Å². The molecule has 1 atom stereocenters. The van der Waals surface area contributed by atoms with Crippen LogP contribution in [0, 0.1) is 5.92 Å². The van der Waals surface area contributed by atoms with Crippen LogP contribution in [0.4, 0.5) is 0 Å². The van der Waals surface area contributed by atoms with Gasteiger partial charge >= 0.3 is 0 Å². The Labute approximate surface area is 84.4 Å². The van der Waals surface area contributed by atoms with Gasteiger partial charge in [-0.1, -0.05) is 13.0 Å². The molecule has 2 heteroatoms. The van der Waals surface area contributed by atoms with Gasteiger partial charge in [0.05, 0.1) is 0 Å². The van der Waals surface area contributed by atoms with Crippen LogP contribution in [0.5, 0.6) is 0 Å².